The molecule has 0 aromatic rings. The van der Waals surface area contributed by atoms with Crippen LogP contribution in [0.15, 0.2) is 0 Å². The second-order valence-corrected chi connectivity index (χ2v) is 9.45. The molecule has 1 heterocycles. The van der Waals surface area contributed by atoms with Crippen molar-refractivity contribution in [2.45, 2.75) is 97.2 Å². The van der Waals surface area contributed by atoms with Gasteiger partial charge < -0.3 is 9.47 Å². The van der Waals surface area contributed by atoms with Crippen LogP contribution in [-0.4, -0.2) is 23.5 Å². The maximum absolute atomic E-state index is 13.7. The monoisotopic (exact) mass is 392 g/mol. The van der Waals surface area contributed by atoms with Crippen LogP contribution in [0.4, 0.5) is 0 Å². The average molecular weight is 393 g/mol. The predicted molar refractivity (Wildman–Crippen MR) is 105 cm³/mol. The molecule has 0 bridgehead atoms. The van der Waals surface area contributed by atoms with Gasteiger partial charge >= 0.3 is 11.9 Å². The van der Waals surface area contributed by atoms with Crippen LogP contribution in [0, 0.1) is 29.6 Å². The Morgan fingerprint density at radius 1 is 0.929 bits per heavy atom. The Bertz CT molecular complexity index is 564. The Kier molecular flexibility index (Phi) is 6.82. The standard InChI is InChI=1S/C23H36O5/c1-4-17(19-21(25)27-23(2,3)28-22(19)26)18(15-11-7-5-8-12-15)20(24)16-13-9-6-10-14-16/h15-19H,4-14H2,1-3H3. The van der Waals surface area contributed by atoms with E-state index in [4.69, 9.17) is 9.47 Å². The molecular weight excluding hydrogens is 356 g/mol. The number of carbonyl (C=O) groups excluding carboxylic acids is 3. The Hall–Kier alpha value is -1.39. The lowest BCUT2D eigenvalue weighted by atomic mass is 9.64. The van der Waals surface area contributed by atoms with Gasteiger partial charge in [0.15, 0.2) is 5.92 Å². The Morgan fingerprint density at radius 3 is 1.93 bits per heavy atom. The van der Waals surface area contributed by atoms with Crippen molar-refractivity contribution < 1.29 is 23.9 Å². The van der Waals surface area contributed by atoms with Crippen LogP contribution in [0.2, 0.25) is 0 Å². The fourth-order valence-electron chi connectivity index (χ4n) is 5.72. The van der Waals surface area contributed by atoms with Crippen molar-refractivity contribution in [1.29, 1.82) is 0 Å². The van der Waals surface area contributed by atoms with Gasteiger partial charge in [-0.3, -0.25) is 14.4 Å². The normalized spacial score (nSPS) is 27.0. The Labute approximate surface area is 168 Å². The van der Waals surface area contributed by atoms with Gasteiger partial charge in [-0.05, 0) is 37.5 Å². The molecule has 2 aliphatic carbocycles. The predicted octanol–water partition coefficient (Wildman–Crippen LogP) is 4.81. The molecule has 28 heavy (non-hydrogen) atoms. The molecule has 3 rings (SSSR count). The molecule has 1 saturated heterocycles. The number of esters is 2. The van der Waals surface area contributed by atoms with E-state index in [2.05, 4.69) is 0 Å². The summed E-state index contributed by atoms with van der Waals surface area (Å²) in [6.45, 7) is 5.13. The van der Waals surface area contributed by atoms with Gasteiger partial charge in [-0.1, -0.05) is 51.9 Å². The van der Waals surface area contributed by atoms with Crippen molar-refractivity contribution in [1.82, 2.24) is 0 Å². The average Bonchev–Trinajstić information content (AvgIpc) is 2.67. The van der Waals surface area contributed by atoms with Crippen LogP contribution in [0.3, 0.4) is 0 Å². The zero-order chi connectivity index (χ0) is 20.3. The first-order valence-electron chi connectivity index (χ1n) is 11.3. The highest BCUT2D eigenvalue weighted by molar-refractivity contribution is 5.98. The summed E-state index contributed by atoms with van der Waals surface area (Å²) in [4.78, 5) is 39.2. The van der Waals surface area contributed by atoms with Crippen molar-refractivity contribution in [3.8, 4) is 0 Å². The molecule has 0 radical (unpaired) electrons. The molecular formula is C23H36O5. The molecule has 2 atom stereocenters. The largest absolute Gasteiger partial charge is 0.422 e. The number of carbonyl (C=O) groups is 3. The highest BCUT2D eigenvalue weighted by atomic mass is 16.7. The third-order valence-corrected chi connectivity index (χ3v) is 7.06. The molecule has 3 fully saturated rings. The van der Waals surface area contributed by atoms with Gasteiger partial charge in [-0.2, -0.15) is 0 Å². The lowest BCUT2D eigenvalue weighted by molar-refractivity contribution is -0.243. The van der Waals surface area contributed by atoms with Gasteiger partial charge in [0.05, 0.1) is 0 Å². The van der Waals surface area contributed by atoms with Crippen LogP contribution in [0.5, 0.6) is 0 Å². The summed E-state index contributed by atoms with van der Waals surface area (Å²) in [6, 6.07) is 0. The zero-order valence-corrected chi connectivity index (χ0v) is 17.7. The summed E-state index contributed by atoms with van der Waals surface area (Å²) < 4.78 is 10.8. The molecule has 3 aliphatic rings. The lowest BCUT2D eigenvalue weighted by Gasteiger charge is -2.42. The van der Waals surface area contributed by atoms with E-state index in [1.54, 1.807) is 13.8 Å². The van der Waals surface area contributed by atoms with E-state index in [0.717, 1.165) is 51.4 Å². The maximum Gasteiger partial charge on any atom is 0.323 e. The minimum Gasteiger partial charge on any atom is -0.422 e. The number of hydrogen-bond donors (Lipinski definition) is 0. The van der Waals surface area contributed by atoms with Crippen molar-refractivity contribution in [3.63, 3.8) is 0 Å². The van der Waals surface area contributed by atoms with Crippen LogP contribution in [0.25, 0.3) is 0 Å². The maximum atomic E-state index is 13.7. The number of ketones is 1. The Balaban J connectivity index is 1.88. The summed E-state index contributed by atoms with van der Waals surface area (Å²) in [6.07, 6.45) is 11.4. The second-order valence-electron chi connectivity index (χ2n) is 9.45. The fraction of sp³-hybridized carbons (Fsp3) is 0.870. The first kappa shape index (κ1) is 21.3. The fourth-order valence-corrected chi connectivity index (χ4v) is 5.72. The minimum atomic E-state index is -1.23. The first-order valence-corrected chi connectivity index (χ1v) is 11.3. The molecule has 1 aliphatic heterocycles. The Morgan fingerprint density at radius 2 is 1.43 bits per heavy atom. The quantitative estimate of drug-likeness (QED) is 0.479. The summed E-state index contributed by atoms with van der Waals surface area (Å²) in [5.41, 5.74) is 0. The van der Waals surface area contributed by atoms with Crippen LogP contribution in [0.1, 0.15) is 91.4 Å². The SMILES string of the molecule is CCC(C1C(=O)OC(C)(C)OC1=O)C(C(=O)C1CCCCC1)C1CCCCC1. The zero-order valence-electron chi connectivity index (χ0n) is 17.7. The van der Waals surface area contributed by atoms with E-state index in [0.29, 0.717) is 12.2 Å². The number of Topliss-reactive ketones (excluding diaryl/α,β-unsaturated/α-hetero) is 1. The molecule has 5 nitrogen and oxygen atoms in total. The summed E-state index contributed by atoms with van der Waals surface area (Å²) in [5.74, 6) is -3.16. The molecule has 0 aromatic heterocycles. The van der Waals surface area contributed by atoms with Crippen molar-refractivity contribution >= 4 is 17.7 Å². The number of ether oxygens (including phenoxy) is 2. The van der Waals surface area contributed by atoms with Crippen LogP contribution < -0.4 is 0 Å². The van der Waals surface area contributed by atoms with E-state index in [1.807, 2.05) is 6.92 Å². The van der Waals surface area contributed by atoms with Crippen molar-refractivity contribution in [2.75, 3.05) is 0 Å². The molecule has 2 unspecified atom stereocenters. The van der Waals surface area contributed by atoms with Gasteiger partial charge in [0.2, 0.25) is 0 Å². The first-order chi connectivity index (χ1) is 13.3. The van der Waals surface area contributed by atoms with E-state index in [1.165, 1.54) is 12.8 Å². The molecule has 0 spiro atoms. The van der Waals surface area contributed by atoms with Crippen LogP contribution >= 0.6 is 0 Å². The minimum absolute atomic E-state index is 0.0850. The lowest BCUT2D eigenvalue weighted by Crippen LogP contribution is -2.52. The van der Waals surface area contributed by atoms with E-state index < -0.39 is 23.6 Å². The van der Waals surface area contributed by atoms with E-state index >= 15 is 0 Å². The van der Waals surface area contributed by atoms with Gasteiger partial charge in [0.25, 0.3) is 5.79 Å². The summed E-state index contributed by atoms with van der Waals surface area (Å²) >= 11 is 0. The number of hydrogen-bond acceptors (Lipinski definition) is 5. The van der Waals surface area contributed by atoms with Crippen molar-refractivity contribution in [3.05, 3.63) is 0 Å². The third-order valence-electron chi connectivity index (χ3n) is 7.06. The second kappa shape index (κ2) is 8.96. The van der Waals surface area contributed by atoms with Gasteiger partial charge in [0.1, 0.15) is 5.78 Å². The molecule has 2 saturated carbocycles. The van der Waals surface area contributed by atoms with Crippen LogP contribution in [-0.2, 0) is 23.9 Å². The third kappa shape index (κ3) is 4.60. The highest BCUT2D eigenvalue weighted by Gasteiger charge is 2.51. The van der Waals surface area contributed by atoms with Gasteiger partial charge in [-0.25, -0.2) is 0 Å². The van der Waals surface area contributed by atoms with Gasteiger partial charge in [-0.15, -0.1) is 0 Å². The van der Waals surface area contributed by atoms with E-state index in [9.17, 15) is 14.4 Å². The smallest absolute Gasteiger partial charge is 0.323 e. The molecule has 158 valence electrons. The molecule has 0 amide bonds. The number of rotatable bonds is 6. The molecule has 5 heteroatoms. The van der Waals surface area contributed by atoms with Crippen molar-refractivity contribution in [2.24, 2.45) is 29.6 Å². The summed E-state index contributed by atoms with van der Waals surface area (Å²) in [5, 5.41) is 0. The van der Waals surface area contributed by atoms with Gasteiger partial charge in [0, 0.05) is 25.7 Å². The topological polar surface area (TPSA) is 69.7 Å². The number of cyclic esters (lactones) is 2. The molecule has 0 aromatic carbocycles. The summed E-state index contributed by atoms with van der Waals surface area (Å²) in [7, 11) is 0. The molecule has 0 N–H and O–H groups in total. The highest BCUT2D eigenvalue weighted by Crippen LogP contribution is 2.44. The van der Waals surface area contributed by atoms with E-state index in [-0.39, 0.29) is 23.7 Å².